The van der Waals surface area contributed by atoms with Gasteiger partial charge in [0.05, 0.1) is 0 Å². The predicted octanol–water partition coefficient (Wildman–Crippen LogP) is -5.24. The van der Waals surface area contributed by atoms with Crippen molar-refractivity contribution in [3.8, 4) is 0 Å². The SMILES string of the molecule is [Mn].[O]=[Cr](=[O])([O-])[O-].[O]=[Cr](=[O])([O-])[O-]. The van der Waals surface area contributed by atoms with Crippen LogP contribution in [0.25, 0.3) is 0 Å². The second-order valence-corrected chi connectivity index (χ2v) is 3.37. The minimum atomic E-state index is -5.75. The second kappa shape index (κ2) is 6.17. The number of hydrogen-bond donors (Lipinski definition) is 0. The zero-order valence-electron chi connectivity index (χ0n) is 4.46. The molecule has 0 heterocycles. The molecule has 71 valence electrons. The van der Waals surface area contributed by atoms with E-state index in [4.69, 9.17) is 31.8 Å². The van der Waals surface area contributed by atoms with E-state index < -0.39 is 27.2 Å². The summed E-state index contributed by atoms with van der Waals surface area (Å²) in [6, 6.07) is 0. The monoisotopic (exact) mass is 287 g/mol. The summed E-state index contributed by atoms with van der Waals surface area (Å²) in [4.78, 5) is 0. The molecule has 0 aliphatic carbocycles. The van der Waals surface area contributed by atoms with Crippen LogP contribution in [0.5, 0.6) is 0 Å². The molecule has 1 radical (unpaired) electrons. The first-order valence-electron chi connectivity index (χ1n) is 1.33. The van der Waals surface area contributed by atoms with E-state index >= 15 is 0 Å². The Hall–Kier alpha value is 0.624. The zero-order valence-corrected chi connectivity index (χ0v) is 8.19. The van der Waals surface area contributed by atoms with Gasteiger partial charge in [0.2, 0.25) is 0 Å². The van der Waals surface area contributed by atoms with Gasteiger partial charge in [-0.2, -0.15) is 0 Å². The van der Waals surface area contributed by atoms with Crippen molar-refractivity contribution in [1.29, 1.82) is 0 Å². The van der Waals surface area contributed by atoms with E-state index in [0.717, 1.165) is 0 Å². The standard InChI is InChI=1S/2Cr.Mn.8O/q;;;;;;;4*-1. The van der Waals surface area contributed by atoms with E-state index in [0.29, 0.717) is 0 Å². The molecule has 8 nitrogen and oxygen atoms in total. The average molecular weight is 287 g/mol. The van der Waals surface area contributed by atoms with Gasteiger partial charge in [0.25, 0.3) is 0 Å². The molecule has 0 aliphatic rings. The summed E-state index contributed by atoms with van der Waals surface area (Å²) in [5.41, 5.74) is 0. The number of rotatable bonds is 0. The fraction of sp³-hybridized carbons (Fsp3) is 0. The van der Waals surface area contributed by atoms with Crippen LogP contribution in [-0.4, -0.2) is 0 Å². The van der Waals surface area contributed by atoms with Crippen molar-refractivity contribution in [1.82, 2.24) is 0 Å². The van der Waals surface area contributed by atoms with Gasteiger partial charge in [-0.15, -0.1) is 0 Å². The van der Waals surface area contributed by atoms with Gasteiger partial charge < -0.3 is 0 Å². The molecule has 11 heteroatoms. The van der Waals surface area contributed by atoms with Crippen molar-refractivity contribution < 1.29 is 76.1 Å². The molecule has 0 spiro atoms. The summed E-state index contributed by atoms with van der Waals surface area (Å²) in [5.74, 6) is 0. The van der Waals surface area contributed by atoms with Crippen molar-refractivity contribution in [2.24, 2.45) is 0 Å². The Bertz CT molecular complexity index is 208. The van der Waals surface area contributed by atoms with Crippen LogP contribution in [0.15, 0.2) is 0 Å². The summed E-state index contributed by atoms with van der Waals surface area (Å²) in [7, 11) is 0. The van der Waals surface area contributed by atoms with Gasteiger partial charge >= 0.3 is 59.1 Å². The maximum atomic E-state index is 8.59. The molecule has 0 saturated heterocycles. The average Bonchev–Trinajstić information content (AvgIpc) is 1.12. The van der Waals surface area contributed by atoms with E-state index in [2.05, 4.69) is 0 Å². The predicted molar refractivity (Wildman–Crippen MR) is 2.75 cm³/mol. The van der Waals surface area contributed by atoms with Gasteiger partial charge in [-0.25, -0.2) is 0 Å². The van der Waals surface area contributed by atoms with Crippen molar-refractivity contribution in [2.45, 2.75) is 0 Å². The van der Waals surface area contributed by atoms with Crippen LogP contribution in [0.2, 0.25) is 0 Å². The van der Waals surface area contributed by atoms with E-state index in [1.807, 2.05) is 0 Å². The number of hydrogen-bond acceptors (Lipinski definition) is 8. The Morgan fingerprint density at radius 3 is 0.636 bits per heavy atom. The summed E-state index contributed by atoms with van der Waals surface area (Å²) in [6.45, 7) is 0. The van der Waals surface area contributed by atoms with Gasteiger partial charge in [0.1, 0.15) is 0 Å². The molecule has 0 saturated carbocycles. The van der Waals surface area contributed by atoms with Gasteiger partial charge in [0.15, 0.2) is 0 Å². The molecule has 0 aliphatic heterocycles. The second-order valence-electron chi connectivity index (χ2n) is 0.816. The molecule has 0 atom stereocenters. The summed E-state index contributed by atoms with van der Waals surface area (Å²) < 4.78 is 68.8. The molecule has 0 bridgehead atoms. The minimum absolute atomic E-state index is 0. The van der Waals surface area contributed by atoms with E-state index in [1.54, 1.807) is 0 Å². The van der Waals surface area contributed by atoms with Crippen LogP contribution in [0, 0.1) is 0 Å². The van der Waals surface area contributed by atoms with Crippen LogP contribution < -0.4 is 16.6 Å². The van der Waals surface area contributed by atoms with Crippen molar-refractivity contribution in [2.75, 3.05) is 0 Å². The molecule has 0 fully saturated rings. The van der Waals surface area contributed by atoms with Crippen LogP contribution in [-0.2, 0) is 59.5 Å². The molecule has 0 rings (SSSR count). The van der Waals surface area contributed by atoms with Gasteiger partial charge in [0, 0.05) is 17.1 Å². The van der Waals surface area contributed by atoms with Crippen molar-refractivity contribution >= 4 is 0 Å². The molecular formula is Cr2MnO8-4. The molecule has 0 aromatic carbocycles. The fourth-order valence-electron chi connectivity index (χ4n) is 0. The van der Waals surface area contributed by atoms with Gasteiger partial charge in [-0.05, 0) is 0 Å². The van der Waals surface area contributed by atoms with Crippen LogP contribution in [0.3, 0.4) is 0 Å². The molecule has 11 heavy (non-hydrogen) atoms. The maximum absolute atomic E-state index is 8.59. The van der Waals surface area contributed by atoms with Crippen LogP contribution in [0.4, 0.5) is 0 Å². The van der Waals surface area contributed by atoms with Gasteiger partial charge in [-0.3, -0.25) is 0 Å². The van der Waals surface area contributed by atoms with E-state index in [1.165, 1.54) is 0 Å². The zero-order chi connectivity index (χ0) is 9.00. The molecule has 0 unspecified atom stereocenters. The molecule has 0 amide bonds. The molecule has 0 aromatic heterocycles. The summed E-state index contributed by atoms with van der Waals surface area (Å²) in [5, 5.41) is 0. The van der Waals surface area contributed by atoms with Crippen LogP contribution >= 0.6 is 0 Å². The van der Waals surface area contributed by atoms with Crippen LogP contribution in [0.1, 0.15) is 0 Å². The first-order valence-corrected chi connectivity index (χ1v) is 5.50. The third-order valence-electron chi connectivity index (χ3n) is 0. The Balaban J connectivity index is -0.000000107. The Kier molecular flexibility index (Phi) is 9.90. The Morgan fingerprint density at radius 1 is 0.636 bits per heavy atom. The topological polar surface area (TPSA) is 161 Å². The van der Waals surface area contributed by atoms with Gasteiger partial charge in [-0.1, -0.05) is 0 Å². The van der Waals surface area contributed by atoms with E-state index in [-0.39, 0.29) is 17.1 Å². The quantitative estimate of drug-likeness (QED) is 0.399. The molecule has 0 aromatic rings. The van der Waals surface area contributed by atoms with E-state index in [9.17, 15) is 0 Å². The summed E-state index contributed by atoms with van der Waals surface area (Å²) >= 11 is -11.5. The molecular weight excluding hydrogens is 287 g/mol. The Morgan fingerprint density at radius 2 is 0.636 bits per heavy atom. The molecule has 0 N–H and O–H groups in total. The first-order chi connectivity index (χ1) is 4.00. The summed E-state index contributed by atoms with van der Waals surface area (Å²) in [6.07, 6.45) is 0. The fourth-order valence-corrected chi connectivity index (χ4v) is 0. The first kappa shape index (κ1) is 17.6. The Labute approximate surface area is 76.1 Å². The van der Waals surface area contributed by atoms with Crippen molar-refractivity contribution in [3.05, 3.63) is 0 Å². The third kappa shape index (κ3) is 2030. The normalized spacial score (nSPS) is 10.5. The van der Waals surface area contributed by atoms with Crippen molar-refractivity contribution in [3.63, 3.8) is 0 Å². The third-order valence-corrected chi connectivity index (χ3v) is 0.